The molecule has 0 spiro atoms. The molecule has 0 aliphatic rings. The lowest BCUT2D eigenvalue weighted by Gasteiger charge is -2.03. The predicted molar refractivity (Wildman–Crippen MR) is 90.0 cm³/mol. The molecule has 0 aliphatic heterocycles. The lowest BCUT2D eigenvalue weighted by Crippen LogP contribution is -2.02. The van der Waals surface area contributed by atoms with E-state index in [1.165, 1.54) is 0 Å². The van der Waals surface area contributed by atoms with Crippen LogP contribution in [0.1, 0.15) is 91.9 Å². The highest BCUT2D eigenvalue weighted by atomic mass is 16.4. The third-order valence-electron chi connectivity index (χ3n) is 3.59. The molecule has 4 nitrogen and oxygen atoms in total. The first-order valence-corrected chi connectivity index (χ1v) is 8.62. The van der Waals surface area contributed by atoms with Crippen molar-refractivity contribution in [1.29, 1.82) is 0 Å². The average Bonchev–Trinajstić information content (AvgIpc) is 2.49. The molecule has 1 atom stereocenters. The number of hydrogen-bond acceptors (Lipinski definition) is 3. The molecule has 1 N–H and O–H groups in total. The first-order chi connectivity index (χ1) is 10.4. The van der Waals surface area contributed by atoms with E-state index in [0.29, 0.717) is 24.5 Å². The molecule has 0 rings (SSSR count). The monoisotopic (exact) mass is 314 g/mol. The summed E-state index contributed by atoms with van der Waals surface area (Å²) < 4.78 is 0. The summed E-state index contributed by atoms with van der Waals surface area (Å²) in [5.41, 5.74) is 0. The first-order valence-electron chi connectivity index (χ1n) is 8.62. The Balaban J connectivity index is 0. The fourth-order valence-corrected chi connectivity index (χ4v) is 1.80. The number of aliphatic carboxylic acids is 1. The molecule has 130 valence electrons. The van der Waals surface area contributed by atoms with Gasteiger partial charge in [-0.2, -0.15) is 0 Å². The quantitative estimate of drug-likeness (QED) is 0.526. The van der Waals surface area contributed by atoms with Crippen molar-refractivity contribution in [1.82, 2.24) is 0 Å². The lowest BCUT2D eigenvalue weighted by molar-refractivity contribution is -0.138. The van der Waals surface area contributed by atoms with E-state index in [2.05, 4.69) is 20.8 Å². The van der Waals surface area contributed by atoms with E-state index in [1.807, 2.05) is 6.92 Å². The normalized spacial score (nSPS) is 11.3. The maximum absolute atomic E-state index is 11.0. The van der Waals surface area contributed by atoms with Gasteiger partial charge in [0.05, 0.1) is 6.42 Å². The molecule has 0 saturated heterocycles. The Morgan fingerprint density at radius 1 is 0.864 bits per heavy atom. The van der Waals surface area contributed by atoms with E-state index in [0.717, 1.165) is 38.5 Å². The third kappa shape index (κ3) is 18.8. The number of ketones is 2. The van der Waals surface area contributed by atoms with Gasteiger partial charge in [0.2, 0.25) is 0 Å². The molecule has 0 bridgehead atoms. The van der Waals surface area contributed by atoms with Crippen molar-refractivity contribution >= 4 is 17.5 Å². The summed E-state index contributed by atoms with van der Waals surface area (Å²) in [5.74, 6) is 0.169. The third-order valence-corrected chi connectivity index (χ3v) is 3.59. The van der Waals surface area contributed by atoms with Crippen molar-refractivity contribution in [2.75, 3.05) is 0 Å². The maximum Gasteiger partial charge on any atom is 0.303 e. The van der Waals surface area contributed by atoms with Gasteiger partial charge >= 0.3 is 5.97 Å². The summed E-state index contributed by atoms with van der Waals surface area (Å²) in [7, 11) is 0. The Hall–Kier alpha value is -1.19. The molecule has 0 aromatic carbocycles. The Morgan fingerprint density at radius 3 is 1.95 bits per heavy atom. The van der Waals surface area contributed by atoms with Gasteiger partial charge < -0.3 is 5.11 Å². The molecular formula is C18H34O4. The van der Waals surface area contributed by atoms with Crippen molar-refractivity contribution in [3.8, 4) is 0 Å². The largest absolute Gasteiger partial charge is 0.481 e. The van der Waals surface area contributed by atoms with Crippen molar-refractivity contribution in [3.05, 3.63) is 0 Å². The minimum absolute atomic E-state index is 0.0212. The molecule has 0 amide bonds. The summed E-state index contributed by atoms with van der Waals surface area (Å²) in [6.45, 7) is 8.28. The van der Waals surface area contributed by atoms with Crippen LogP contribution in [0.15, 0.2) is 0 Å². The number of carboxylic acids is 1. The van der Waals surface area contributed by atoms with Gasteiger partial charge in [-0.1, -0.05) is 53.4 Å². The van der Waals surface area contributed by atoms with E-state index >= 15 is 0 Å². The fourth-order valence-electron chi connectivity index (χ4n) is 1.80. The zero-order chi connectivity index (χ0) is 17.4. The fraction of sp³-hybridized carbons (Fsp3) is 0.833. The number of rotatable bonds is 12. The van der Waals surface area contributed by atoms with Gasteiger partial charge in [-0.05, 0) is 12.3 Å². The van der Waals surface area contributed by atoms with Crippen LogP contribution in [0.4, 0.5) is 0 Å². The standard InChI is InChI=1S/C10H18O3.C8H16O/c1-2-3-4-5-6-9(11)7-8-10(12)13;1-4-7(3)6-8(9)5-2/h2-8H2,1H3,(H,12,13);7H,4-6H2,1-3H3. The second-order valence-electron chi connectivity index (χ2n) is 5.85. The van der Waals surface area contributed by atoms with E-state index in [-0.39, 0.29) is 18.6 Å². The van der Waals surface area contributed by atoms with Gasteiger partial charge in [0.15, 0.2) is 0 Å². The molecular weight excluding hydrogens is 280 g/mol. The highest BCUT2D eigenvalue weighted by Gasteiger charge is 2.04. The average molecular weight is 314 g/mol. The van der Waals surface area contributed by atoms with Crippen LogP contribution in [0.3, 0.4) is 0 Å². The summed E-state index contributed by atoms with van der Waals surface area (Å²) in [6, 6.07) is 0. The number of hydrogen-bond donors (Lipinski definition) is 1. The molecule has 0 saturated carbocycles. The van der Waals surface area contributed by atoms with Gasteiger partial charge in [-0.25, -0.2) is 0 Å². The Bertz CT molecular complexity index is 310. The number of Topliss-reactive ketones (excluding diaryl/α,β-unsaturated/α-hetero) is 2. The molecule has 0 fully saturated rings. The first kappa shape index (κ1) is 23.1. The molecule has 0 radical (unpaired) electrons. The van der Waals surface area contributed by atoms with Crippen molar-refractivity contribution in [2.24, 2.45) is 5.92 Å². The number of unbranched alkanes of at least 4 members (excludes halogenated alkanes) is 3. The van der Waals surface area contributed by atoms with Gasteiger partial charge in [0.1, 0.15) is 11.6 Å². The lowest BCUT2D eigenvalue weighted by atomic mass is 10.0. The zero-order valence-electron chi connectivity index (χ0n) is 14.8. The van der Waals surface area contributed by atoms with Crippen molar-refractivity contribution in [3.63, 3.8) is 0 Å². The van der Waals surface area contributed by atoms with Crippen LogP contribution < -0.4 is 0 Å². The van der Waals surface area contributed by atoms with E-state index in [1.54, 1.807) is 0 Å². The number of carbonyl (C=O) groups excluding carboxylic acids is 2. The highest BCUT2D eigenvalue weighted by Crippen LogP contribution is 2.07. The smallest absolute Gasteiger partial charge is 0.303 e. The maximum atomic E-state index is 11.0. The van der Waals surface area contributed by atoms with E-state index < -0.39 is 5.97 Å². The predicted octanol–water partition coefficient (Wildman–Crippen LogP) is 4.79. The number of carboxylic acid groups (broad SMARTS) is 1. The van der Waals surface area contributed by atoms with E-state index in [4.69, 9.17) is 5.11 Å². The van der Waals surface area contributed by atoms with Crippen LogP contribution in [-0.4, -0.2) is 22.6 Å². The van der Waals surface area contributed by atoms with Gasteiger partial charge in [-0.3, -0.25) is 14.4 Å². The molecule has 22 heavy (non-hydrogen) atoms. The van der Waals surface area contributed by atoms with Crippen LogP contribution in [0, 0.1) is 5.92 Å². The van der Waals surface area contributed by atoms with Crippen LogP contribution >= 0.6 is 0 Å². The highest BCUT2D eigenvalue weighted by molar-refractivity contribution is 5.82. The summed E-state index contributed by atoms with van der Waals surface area (Å²) in [4.78, 5) is 32.0. The Morgan fingerprint density at radius 2 is 1.50 bits per heavy atom. The summed E-state index contributed by atoms with van der Waals surface area (Å²) >= 11 is 0. The second-order valence-corrected chi connectivity index (χ2v) is 5.85. The van der Waals surface area contributed by atoms with Crippen molar-refractivity contribution in [2.45, 2.75) is 91.9 Å². The molecule has 0 aromatic heterocycles. The van der Waals surface area contributed by atoms with Crippen LogP contribution in [0.25, 0.3) is 0 Å². The molecule has 4 heteroatoms. The number of carbonyl (C=O) groups is 3. The van der Waals surface area contributed by atoms with Crippen LogP contribution in [0.5, 0.6) is 0 Å². The van der Waals surface area contributed by atoms with Gasteiger partial charge in [0, 0.05) is 25.7 Å². The second kappa shape index (κ2) is 16.2. The molecule has 0 heterocycles. The van der Waals surface area contributed by atoms with Gasteiger partial charge in [0.25, 0.3) is 0 Å². The minimum atomic E-state index is -0.887. The Kier molecular flexibility index (Phi) is 17.0. The summed E-state index contributed by atoms with van der Waals surface area (Å²) in [6.07, 6.45) is 7.61. The van der Waals surface area contributed by atoms with Gasteiger partial charge in [-0.15, -0.1) is 0 Å². The molecule has 1 unspecified atom stereocenters. The minimum Gasteiger partial charge on any atom is -0.481 e. The Labute approximate surface area is 135 Å². The SMILES string of the molecule is CCC(=O)CC(C)CC.CCCCCCC(=O)CCC(=O)O. The van der Waals surface area contributed by atoms with Crippen LogP contribution in [-0.2, 0) is 14.4 Å². The summed E-state index contributed by atoms with van der Waals surface area (Å²) in [5, 5.41) is 8.32. The zero-order valence-corrected chi connectivity index (χ0v) is 14.8. The topological polar surface area (TPSA) is 71.4 Å². The molecule has 0 aliphatic carbocycles. The van der Waals surface area contributed by atoms with E-state index in [9.17, 15) is 14.4 Å². The van der Waals surface area contributed by atoms with Crippen LogP contribution in [0.2, 0.25) is 0 Å². The molecule has 0 aromatic rings. The van der Waals surface area contributed by atoms with Crippen molar-refractivity contribution < 1.29 is 19.5 Å².